The summed E-state index contributed by atoms with van der Waals surface area (Å²) in [6.45, 7) is 2.16. The van der Waals surface area contributed by atoms with Crippen molar-refractivity contribution in [3.63, 3.8) is 0 Å². The summed E-state index contributed by atoms with van der Waals surface area (Å²) >= 11 is 0. The van der Waals surface area contributed by atoms with Crippen LogP contribution in [0.1, 0.15) is 48.4 Å². The van der Waals surface area contributed by atoms with E-state index in [1.54, 1.807) is 12.1 Å². The Balaban J connectivity index is 1.28. The Morgan fingerprint density at radius 1 is 0.596 bits per heavy atom. The molecule has 0 bridgehead atoms. The highest BCUT2D eigenvalue weighted by Gasteiger charge is 2.38. The first kappa shape index (κ1) is 33.4. The van der Waals surface area contributed by atoms with Crippen LogP contribution in [0.4, 0.5) is 35.1 Å². The molecule has 0 aliphatic rings. The smallest absolute Gasteiger partial charge is 0.429 e. The second-order valence-electron chi connectivity index (χ2n) is 11.0. The number of aryl methyl sites for hydroxylation is 1. The summed E-state index contributed by atoms with van der Waals surface area (Å²) in [7, 11) is 0. The van der Waals surface area contributed by atoms with Gasteiger partial charge in [0.25, 0.3) is 0 Å². The molecule has 0 aliphatic carbocycles. The average molecular weight is 653 g/mol. The van der Waals surface area contributed by atoms with Gasteiger partial charge in [0.1, 0.15) is 23.2 Å². The third-order valence-electron chi connectivity index (χ3n) is 7.60. The van der Waals surface area contributed by atoms with Crippen molar-refractivity contribution in [3.8, 4) is 28.0 Å². The van der Waals surface area contributed by atoms with Crippen LogP contribution < -0.4 is 4.74 Å². The second kappa shape index (κ2) is 14.2. The lowest BCUT2D eigenvalue weighted by Gasteiger charge is -2.19. The minimum Gasteiger partial charge on any atom is -0.429 e. The van der Waals surface area contributed by atoms with Gasteiger partial charge in [0.2, 0.25) is 0 Å². The summed E-state index contributed by atoms with van der Waals surface area (Å²) in [5.74, 6) is -9.22. The number of ether oxygens (including phenoxy) is 1. The van der Waals surface area contributed by atoms with Crippen molar-refractivity contribution in [2.45, 2.75) is 38.7 Å². The molecule has 0 aliphatic heterocycles. The topological polar surface area (TPSA) is 9.23 Å². The van der Waals surface area contributed by atoms with Gasteiger partial charge >= 0.3 is 6.11 Å². The predicted molar refractivity (Wildman–Crippen MR) is 167 cm³/mol. The Bertz CT molecular complexity index is 1890. The van der Waals surface area contributed by atoms with Crippen molar-refractivity contribution in [2.24, 2.45) is 0 Å². The molecule has 242 valence electrons. The lowest BCUT2D eigenvalue weighted by molar-refractivity contribution is -0.187. The maximum atomic E-state index is 15.1. The number of rotatable bonds is 11. The highest BCUT2D eigenvalue weighted by Crippen LogP contribution is 2.36. The van der Waals surface area contributed by atoms with Crippen molar-refractivity contribution in [2.75, 3.05) is 0 Å². The van der Waals surface area contributed by atoms with Crippen LogP contribution in [0.25, 0.3) is 34.4 Å². The largest absolute Gasteiger partial charge is 0.429 e. The molecule has 5 aromatic carbocycles. The lowest BCUT2D eigenvalue weighted by Crippen LogP contribution is -2.23. The van der Waals surface area contributed by atoms with Crippen LogP contribution in [-0.4, -0.2) is 0 Å². The minimum absolute atomic E-state index is 0.0791. The molecule has 1 nitrogen and oxygen atoms in total. The van der Waals surface area contributed by atoms with E-state index in [2.05, 4.69) is 11.7 Å². The van der Waals surface area contributed by atoms with Crippen molar-refractivity contribution >= 4 is 12.2 Å². The Kier molecular flexibility index (Phi) is 10.1. The van der Waals surface area contributed by atoms with Crippen LogP contribution in [0.3, 0.4) is 0 Å². The second-order valence-corrected chi connectivity index (χ2v) is 11.0. The van der Waals surface area contributed by atoms with Crippen LogP contribution in [-0.2, 0) is 12.5 Å². The molecule has 0 N–H and O–H groups in total. The van der Waals surface area contributed by atoms with E-state index < -0.39 is 52.3 Å². The summed E-state index contributed by atoms with van der Waals surface area (Å²) < 4.78 is 118. The Morgan fingerprint density at radius 3 is 1.89 bits per heavy atom. The molecule has 0 radical (unpaired) electrons. The van der Waals surface area contributed by atoms with Gasteiger partial charge in [-0.25, -0.2) is 26.3 Å². The van der Waals surface area contributed by atoms with Crippen LogP contribution in [0, 0.1) is 34.9 Å². The molecule has 47 heavy (non-hydrogen) atoms. The van der Waals surface area contributed by atoms with Gasteiger partial charge in [-0.15, -0.1) is 0 Å². The van der Waals surface area contributed by atoms with E-state index in [1.807, 2.05) is 24.3 Å². The highest BCUT2D eigenvalue weighted by molar-refractivity contribution is 5.74. The number of alkyl halides is 2. The van der Waals surface area contributed by atoms with E-state index in [1.165, 1.54) is 42.3 Å². The quantitative estimate of drug-likeness (QED) is 0.0597. The zero-order valence-corrected chi connectivity index (χ0v) is 25.1. The molecular weight excluding hydrogens is 624 g/mol. The summed E-state index contributed by atoms with van der Waals surface area (Å²) in [6.07, 6.45) is 3.03. The van der Waals surface area contributed by atoms with Gasteiger partial charge in [-0.1, -0.05) is 86.5 Å². The molecule has 0 amide bonds. The summed E-state index contributed by atoms with van der Waals surface area (Å²) in [5, 5.41) is 0. The molecule has 0 atom stereocenters. The van der Waals surface area contributed by atoms with Gasteiger partial charge in [-0.3, -0.25) is 0 Å². The van der Waals surface area contributed by atoms with Gasteiger partial charge in [0.05, 0.1) is 5.56 Å². The van der Waals surface area contributed by atoms with Crippen LogP contribution in [0.2, 0.25) is 0 Å². The minimum atomic E-state index is -4.40. The number of hydrogen-bond acceptors (Lipinski definition) is 1. The van der Waals surface area contributed by atoms with Crippen molar-refractivity contribution in [1.82, 2.24) is 0 Å². The fraction of sp³-hybridized carbons (Fsp3) is 0.158. The maximum Gasteiger partial charge on any atom is 0.429 e. The summed E-state index contributed by atoms with van der Waals surface area (Å²) in [4.78, 5) is 0. The van der Waals surface area contributed by atoms with Crippen molar-refractivity contribution in [1.29, 1.82) is 0 Å². The van der Waals surface area contributed by atoms with Crippen LogP contribution >= 0.6 is 0 Å². The summed E-state index contributed by atoms with van der Waals surface area (Å²) in [5.41, 5.74) is 2.00. The molecular formula is C38H28F8O. The standard InChI is InChI=1S/C38H28F8O/c1-2-3-4-5-23-6-10-25(11-7-23)27-14-13-26(32(39)19-27)12-8-24-9-16-30(33(40)18-24)28-15-17-31(34(41)20-28)38(45,46)47-29-21-35(42)37(44)36(43)22-29/h6-22H,2-5H2,1H3. The van der Waals surface area contributed by atoms with Crippen molar-refractivity contribution in [3.05, 3.63) is 148 Å². The first-order valence-corrected chi connectivity index (χ1v) is 14.8. The van der Waals surface area contributed by atoms with E-state index in [-0.39, 0.29) is 28.8 Å². The normalized spacial score (nSPS) is 11.8. The lowest BCUT2D eigenvalue weighted by atomic mass is 9.99. The molecule has 0 unspecified atom stereocenters. The predicted octanol–water partition coefficient (Wildman–Crippen LogP) is 11.9. The Hall–Kier alpha value is -4.92. The zero-order chi connectivity index (χ0) is 33.7. The number of halogens is 8. The third-order valence-corrected chi connectivity index (χ3v) is 7.60. The van der Waals surface area contributed by atoms with Gasteiger partial charge in [0, 0.05) is 23.3 Å². The molecule has 0 heterocycles. The van der Waals surface area contributed by atoms with E-state index in [0.717, 1.165) is 42.5 Å². The van der Waals surface area contributed by atoms with E-state index >= 15 is 4.39 Å². The third kappa shape index (κ3) is 7.91. The SMILES string of the molecule is CCCCCc1ccc(-c2ccc(C=Cc3ccc(-c4ccc(C(F)(F)Oc5cc(F)c(F)c(F)c5)c(F)c4)c(F)c3)c(F)c2)cc1. The van der Waals surface area contributed by atoms with Gasteiger partial charge in [-0.05, 0) is 64.9 Å². The number of benzene rings is 5. The van der Waals surface area contributed by atoms with Gasteiger partial charge < -0.3 is 4.74 Å². The van der Waals surface area contributed by atoms with Crippen LogP contribution in [0.15, 0.2) is 91.0 Å². The van der Waals surface area contributed by atoms with Crippen molar-refractivity contribution < 1.29 is 39.9 Å². The molecule has 5 aromatic rings. The Morgan fingerprint density at radius 2 is 1.26 bits per heavy atom. The first-order chi connectivity index (χ1) is 22.4. The van der Waals surface area contributed by atoms with Crippen LogP contribution in [0.5, 0.6) is 5.75 Å². The Labute approximate surface area is 266 Å². The first-order valence-electron chi connectivity index (χ1n) is 14.8. The molecule has 0 saturated heterocycles. The fourth-order valence-corrected chi connectivity index (χ4v) is 5.05. The fourth-order valence-electron chi connectivity index (χ4n) is 5.05. The van der Waals surface area contributed by atoms with Gasteiger partial charge in [0.15, 0.2) is 17.5 Å². The highest BCUT2D eigenvalue weighted by atomic mass is 19.3. The molecule has 0 spiro atoms. The molecule has 0 fully saturated rings. The van der Waals surface area contributed by atoms with E-state index in [4.69, 9.17) is 0 Å². The average Bonchev–Trinajstić information content (AvgIpc) is 3.03. The maximum absolute atomic E-state index is 15.1. The monoisotopic (exact) mass is 652 g/mol. The molecule has 5 rings (SSSR count). The number of hydrogen-bond donors (Lipinski definition) is 0. The van der Waals surface area contributed by atoms with E-state index in [9.17, 15) is 30.7 Å². The number of unbranched alkanes of at least 4 members (excludes halogenated alkanes) is 2. The summed E-state index contributed by atoms with van der Waals surface area (Å²) in [6, 6.07) is 19.5. The van der Waals surface area contributed by atoms with Gasteiger partial charge in [-0.2, -0.15) is 8.78 Å². The molecule has 0 saturated carbocycles. The molecule has 9 heteroatoms. The zero-order valence-electron chi connectivity index (χ0n) is 25.1. The van der Waals surface area contributed by atoms with E-state index in [0.29, 0.717) is 17.7 Å². The molecule has 0 aromatic heterocycles.